The van der Waals surface area contributed by atoms with Crippen LogP contribution in [0.4, 0.5) is 0 Å². The Bertz CT molecular complexity index is 69.0. The molecule has 0 radical (unpaired) electrons. The molecule has 9 heavy (non-hydrogen) atoms. The monoisotopic (exact) mass is 159 g/mol. The Labute approximate surface area is 80.9 Å². The molecule has 1 nitrogen and oxygen atoms in total. The van der Waals surface area contributed by atoms with Crippen molar-refractivity contribution in [3.8, 4) is 0 Å². The minimum atomic E-state index is 0. The van der Waals surface area contributed by atoms with Crippen molar-refractivity contribution in [1.82, 2.24) is 4.90 Å². The number of hydrogen-bond donors (Lipinski definition) is 0. The third-order valence-corrected chi connectivity index (χ3v) is 2.08. The number of likely N-dealkylation sites (tertiary alicyclic amines) is 1. The van der Waals surface area contributed by atoms with Gasteiger partial charge in [-0.1, -0.05) is 0 Å². The summed E-state index contributed by atoms with van der Waals surface area (Å²) in [7, 11) is 2.14. The largest absolute Gasteiger partial charge is 2.00 e. The van der Waals surface area contributed by atoms with Gasteiger partial charge in [0, 0.05) is 5.38 Å². The van der Waals surface area contributed by atoms with Crippen LogP contribution in [0.3, 0.4) is 0 Å². The SMILES string of the molecule is CN1CCC(Cl)CC1.[H-].[H-].[Mg+2]. The molecule has 0 aliphatic carbocycles. The molecule has 0 aromatic carbocycles. The first-order chi connectivity index (χ1) is 3.79. The van der Waals surface area contributed by atoms with Crippen LogP contribution in [-0.2, 0) is 0 Å². The summed E-state index contributed by atoms with van der Waals surface area (Å²) >= 11 is 5.86. The molecule has 1 aliphatic heterocycles. The molecule has 0 bridgehead atoms. The van der Waals surface area contributed by atoms with Gasteiger partial charge in [0.15, 0.2) is 0 Å². The van der Waals surface area contributed by atoms with Gasteiger partial charge < -0.3 is 7.75 Å². The molecular weight excluding hydrogens is 146 g/mol. The van der Waals surface area contributed by atoms with E-state index in [0.29, 0.717) is 5.38 Å². The Hall–Kier alpha value is 1.02. The normalized spacial score (nSPS) is 23.3. The number of rotatable bonds is 0. The molecule has 3 heteroatoms. The molecule has 1 rings (SSSR count). The summed E-state index contributed by atoms with van der Waals surface area (Å²) in [4.78, 5) is 2.32. The molecular formula is C6H14ClMgN. The van der Waals surface area contributed by atoms with E-state index in [1.807, 2.05) is 0 Å². The number of halogens is 1. The van der Waals surface area contributed by atoms with Crippen molar-refractivity contribution >= 4 is 34.7 Å². The van der Waals surface area contributed by atoms with Gasteiger partial charge in [-0.15, -0.1) is 11.6 Å². The zero-order chi connectivity index (χ0) is 5.98. The van der Waals surface area contributed by atoms with E-state index in [1.165, 1.54) is 13.1 Å². The van der Waals surface area contributed by atoms with Crippen LogP contribution in [-0.4, -0.2) is 53.5 Å². The second-order valence-corrected chi connectivity index (χ2v) is 3.10. The maximum absolute atomic E-state index is 5.86. The molecule has 1 aliphatic rings. The Balaban J connectivity index is -0.000000213. The minimum Gasteiger partial charge on any atom is -1.00 e. The summed E-state index contributed by atoms with van der Waals surface area (Å²) in [5, 5.41) is 0.450. The van der Waals surface area contributed by atoms with Crippen molar-refractivity contribution in [1.29, 1.82) is 0 Å². The Morgan fingerprint density at radius 2 is 1.89 bits per heavy atom. The van der Waals surface area contributed by atoms with Crippen LogP contribution in [0.15, 0.2) is 0 Å². The van der Waals surface area contributed by atoms with Gasteiger partial charge in [0.25, 0.3) is 0 Å². The van der Waals surface area contributed by atoms with Crippen molar-refractivity contribution < 1.29 is 2.85 Å². The van der Waals surface area contributed by atoms with Crippen LogP contribution in [0.25, 0.3) is 0 Å². The third kappa shape index (κ3) is 3.66. The molecule has 0 spiro atoms. The maximum Gasteiger partial charge on any atom is 2.00 e. The second kappa shape index (κ2) is 4.77. The van der Waals surface area contributed by atoms with E-state index in [-0.39, 0.29) is 25.9 Å². The fourth-order valence-corrected chi connectivity index (χ4v) is 1.17. The number of piperidine rings is 1. The molecule has 1 heterocycles. The maximum atomic E-state index is 5.86. The van der Waals surface area contributed by atoms with Crippen LogP contribution in [0.1, 0.15) is 15.7 Å². The van der Waals surface area contributed by atoms with Gasteiger partial charge in [0.05, 0.1) is 0 Å². The smallest absolute Gasteiger partial charge is 1.00 e. The first kappa shape index (κ1) is 10.0. The predicted molar refractivity (Wildman–Crippen MR) is 44.4 cm³/mol. The summed E-state index contributed by atoms with van der Waals surface area (Å²) < 4.78 is 0. The molecule has 0 N–H and O–H groups in total. The first-order valence-corrected chi connectivity index (χ1v) is 3.55. The molecule has 0 amide bonds. The molecule has 1 fully saturated rings. The Morgan fingerprint density at radius 1 is 1.44 bits per heavy atom. The van der Waals surface area contributed by atoms with Crippen LogP contribution in [0.2, 0.25) is 0 Å². The second-order valence-electron chi connectivity index (χ2n) is 2.48. The zero-order valence-corrected chi connectivity index (χ0v) is 8.11. The molecule has 0 aromatic heterocycles. The quantitative estimate of drug-likeness (QED) is 0.379. The van der Waals surface area contributed by atoms with Crippen molar-refractivity contribution in [2.45, 2.75) is 18.2 Å². The van der Waals surface area contributed by atoms with Gasteiger partial charge in [0.1, 0.15) is 0 Å². The molecule has 0 unspecified atom stereocenters. The fraction of sp³-hybridized carbons (Fsp3) is 1.00. The van der Waals surface area contributed by atoms with Gasteiger partial charge in [-0.2, -0.15) is 0 Å². The van der Waals surface area contributed by atoms with Crippen molar-refractivity contribution in [3.05, 3.63) is 0 Å². The van der Waals surface area contributed by atoms with Crippen molar-refractivity contribution in [2.75, 3.05) is 20.1 Å². The van der Waals surface area contributed by atoms with E-state index in [2.05, 4.69) is 11.9 Å². The Kier molecular flexibility index (Phi) is 5.31. The van der Waals surface area contributed by atoms with Crippen molar-refractivity contribution in [2.24, 2.45) is 0 Å². The zero-order valence-electron chi connectivity index (χ0n) is 7.94. The average molecular weight is 160 g/mol. The summed E-state index contributed by atoms with van der Waals surface area (Å²) in [6.45, 7) is 2.35. The minimum absolute atomic E-state index is 0. The van der Waals surface area contributed by atoms with E-state index >= 15 is 0 Å². The molecule has 0 atom stereocenters. The van der Waals surface area contributed by atoms with Crippen LogP contribution < -0.4 is 0 Å². The van der Waals surface area contributed by atoms with Gasteiger partial charge in [0.2, 0.25) is 0 Å². The third-order valence-electron chi connectivity index (χ3n) is 1.65. The molecule has 52 valence electrons. The van der Waals surface area contributed by atoms with E-state index < -0.39 is 0 Å². The van der Waals surface area contributed by atoms with Gasteiger partial charge in [-0.3, -0.25) is 0 Å². The summed E-state index contributed by atoms with van der Waals surface area (Å²) in [6.07, 6.45) is 2.33. The first-order valence-electron chi connectivity index (χ1n) is 3.11. The standard InChI is InChI=1S/C6H12ClN.Mg.2H/c1-8-4-2-6(7)3-5-8;;;/h6H,2-5H2,1H3;;;/q;+2;2*-1. The number of alkyl halides is 1. The van der Waals surface area contributed by atoms with E-state index in [0.717, 1.165) is 12.8 Å². The van der Waals surface area contributed by atoms with Gasteiger partial charge in [-0.25, -0.2) is 0 Å². The van der Waals surface area contributed by atoms with Crippen molar-refractivity contribution in [3.63, 3.8) is 0 Å². The molecule has 0 saturated carbocycles. The summed E-state index contributed by atoms with van der Waals surface area (Å²) in [5.74, 6) is 0. The Morgan fingerprint density at radius 3 is 2.22 bits per heavy atom. The molecule has 1 saturated heterocycles. The molecule has 0 aromatic rings. The van der Waals surface area contributed by atoms with Gasteiger partial charge in [-0.05, 0) is 33.0 Å². The van der Waals surface area contributed by atoms with Crippen LogP contribution >= 0.6 is 11.6 Å². The van der Waals surface area contributed by atoms with E-state index in [4.69, 9.17) is 11.6 Å². The average Bonchev–Trinajstić information content (AvgIpc) is 1.77. The van der Waals surface area contributed by atoms with Crippen LogP contribution in [0, 0.1) is 0 Å². The number of nitrogens with zero attached hydrogens (tertiary/aromatic N) is 1. The van der Waals surface area contributed by atoms with E-state index in [1.54, 1.807) is 0 Å². The van der Waals surface area contributed by atoms with E-state index in [9.17, 15) is 0 Å². The topological polar surface area (TPSA) is 3.24 Å². The van der Waals surface area contributed by atoms with Crippen LogP contribution in [0.5, 0.6) is 0 Å². The summed E-state index contributed by atoms with van der Waals surface area (Å²) in [5.41, 5.74) is 0. The van der Waals surface area contributed by atoms with Gasteiger partial charge >= 0.3 is 23.1 Å². The predicted octanol–water partition coefficient (Wildman–Crippen LogP) is 1.16. The summed E-state index contributed by atoms with van der Waals surface area (Å²) in [6, 6.07) is 0. The number of hydrogen-bond acceptors (Lipinski definition) is 1. The fourth-order valence-electron chi connectivity index (χ4n) is 0.977.